The molecule has 1 amide bonds. The number of nitrogens with one attached hydrogen (secondary N) is 1. The molecule has 1 saturated heterocycles. The Hall–Kier alpha value is -2.93. The van der Waals surface area contributed by atoms with E-state index in [4.69, 9.17) is 0 Å². The van der Waals surface area contributed by atoms with Gasteiger partial charge in [0.25, 0.3) is 0 Å². The fourth-order valence-corrected chi connectivity index (χ4v) is 3.25. The molecule has 1 N–H and O–H groups in total. The number of carbonyl (C=O) groups excluding carboxylic acids is 2. The summed E-state index contributed by atoms with van der Waals surface area (Å²) in [5, 5.41) is 2.85. The number of hydrogen-bond donors (Lipinski definition) is 1. The van der Waals surface area contributed by atoms with Crippen LogP contribution in [-0.4, -0.2) is 56.6 Å². The van der Waals surface area contributed by atoms with Gasteiger partial charge in [0.15, 0.2) is 0 Å². The van der Waals surface area contributed by atoms with E-state index in [0.29, 0.717) is 17.8 Å². The Bertz CT molecular complexity index is 809. The van der Waals surface area contributed by atoms with Gasteiger partial charge in [0.2, 0.25) is 5.91 Å². The number of carbonyl (C=O) groups is 2. The molecule has 148 valence electrons. The van der Waals surface area contributed by atoms with E-state index in [0.717, 1.165) is 38.3 Å². The summed E-state index contributed by atoms with van der Waals surface area (Å²) in [6, 6.07) is 13.1. The molecular formula is C21H24FN3O3. The molecule has 0 radical (unpaired) electrons. The predicted octanol–water partition coefficient (Wildman–Crippen LogP) is 2.76. The number of amides is 1. The average molecular weight is 385 g/mol. The number of hydrogen-bond acceptors (Lipinski definition) is 5. The minimum atomic E-state index is -0.409. The van der Waals surface area contributed by atoms with Gasteiger partial charge < -0.3 is 15.0 Å². The van der Waals surface area contributed by atoms with Crippen molar-refractivity contribution in [2.75, 3.05) is 50.1 Å². The van der Waals surface area contributed by atoms with E-state index in [1.54, 1.807) is 36.4 Å². The summed E-state index contributed by atoms with van der Waals surface area (Å²) in [5.41, 5.74) is 2.08. The van der Waals surface area contributed by atoms with Crippen LogP contribution in [-0.2, 0) is 9.53 Å². The number of esters is 1. The van der Waals surface area contributed by atoms with E-state index in [1.807, 2.05) is 0 Å². The van der Waals surface area contributed by atoms with Crippen LogP contribution in [0.2, 0.25) is 0 Å². The third-order valence-corrected chi connectivity index (χ3v) is 4.74. The molecule has 1 aliphatic heterocycles. The molecule has 2 aromatic carbocycles. The molecule has 6 nitrogen and oxygen atoms in total. The SMILES string of the molecule is COC(=O)c1ccc(NC(=O)CN2CCCN(c3ccc(F)cc3)CC2)cc1. The maximum atomic E-state index is 13.1. The van der Waals surface area contributed by atoms with Crippen molar-refractivity contribution < 1.29 is 18.7 Å². The van der Waals surface area contributed by atoms with Gasteiger partial charge in [-0.1, -0.05) is 0 Å². The number of methoxy groups -OCH3 is 1. The Morgan fingerprint density at radius 2 is 1.71 bits per heavy atom. The fraction of sp³-hybridized carbons (Fsp3) is 0.333. The smallest absolute Gasteiger partial charge is 0.337 e. The largest absolute Gasteiger partial charge is 0.465 e. The second-order valence-electron chi connectivity index (χ2n) is 6.71. The zero-order valence-electron chi connectivity index (χ0n) is 15.9. The first-order valence-corrected chi connectivity index (χ1v) is 9.26. The van der Waals surface area contributed by atoms with Gasteiger partial charge in [-0.15, -0.1) is 0 Å². The topological polar surface area (TPSA) is 61.9 Å². The number of halogens is 1. The van der Waals surface area contributed by atoms with Crippen LogP contribution < -0.4 is 10.2 Å². The summed E-state index contributed by atoms with van der Waals surface area (Å²) in [4.78, 5) is 28.1. The lowest BCUT2D eigenvalue weighted by Gasteiger charge is -2.23. The van der Waals surface area contributed by atoms with E-state index < -0.39 is 5.97 Å². The van der Waals surface area contributed by atoms with E-state index in [-0.39, 0.29) is 11.7 Å². The molecule has 28 heavy (non-hydrogen) atoms. The first-order chi connectivity index (χ1) is 13.5. The lowest BCUT2D eigenvalue weighted by molar-refractivity contribution is -0.117. The van der Waals surface area contributed by atoms with Gasteiger partial charge in [-0.2, -0.15) is 0 Å². The van der Waals surface area contributed by atoms with Crippen LogP contribution in [0.15, 0.2) is 48.5 Å². The molecule has 0 unspecified atom stereocenters. The number of rotatable bonds is 5. The number of benzene rings is 2. The summed E-state index contributed by atoms with van der Waals surface area (Å²) in [7, 11) is 1.33. The van der Waals surface area contributed by atoms with E-state index in [1.165, 1.54) is 19.2 Å². The Labute approximate surface area is 163 Å². The standard InChI is InChI=1S/C21H24FN3O3/c1-28-21(27)16-3-7-18(8-4-16)23-20(26)15-24-11-2-12-25(14-13-24)19-9-5-17(22)6-10-19/h3-10H,2,11-15H2,1H3,(H,23,26). The zero-order chi connectivity index (χ0) is 19.9. The number of nitrogens with zero attached hydrogens (tertiary/aromatic N) is 2. The molecule has 2 aromatic rings. The monoisotopic (exact) mass is 385 g/mol. The molecule has 7 heteroatoms. The third kappa shape index (κ3) is 5.29. The Morgan fingerprint density at radius 1 is 1.00 bits per heavy atom. The highest BCUT2D eigenvalue weighted by molar-refractivity contribution is 5.94. The second-order valence-corrected chi connectivity index (χ2v) is 6.71. The van der Waals surface area contributed by atoms with Crippen LogP contribution in [0.3, 0.4) is 0 Å². The first-order valence-electron chi connectivity index (χ1n) is 9.26. The molecule has 3 rings (SSSR count). The molecule has 0 aliphatic carbocycles. The molecule has 0 saturated carbocycles. The Morgan fingerprint density at radius 3 is 2.39 bits per heavy atom. The average Bonchev–Trinajstić information content (AvgIpc) is 2.94. The molecule has 0 atom stereocenters. The molecule has 1 fully saturated rings. The lowest BCUT2D eigenvalue weighted by Crippen LogP contribution is -2.36. The molecule has 0 bridgehead atoms. The molecular weight excluding hydrogens is 361 g/mol. The highest BCUT2D eigenvalue weighted by Gasteiger charge is 2.17. The lowest BCUT2D eigenvalue weighted by atomic mass is 10.2. The first kappa shape index (κ1) is 19.8. The maximum absolute atomic E-state index is 13.1. The summed E-state index contributed by atoms with van der Waals surface area (Å²) >= 11 is 0. The maximum Gasteiger partial charge on any atom is 0.337 e. The number of anilines is 2. The molecule has 0 spiro atoms. The highest BCUT2D eigenvalue weighted by atomic mass is 19.1. The van der Waals surface area contributed by atoms with Gasteiger partial charge >= 0.3 is 5.97 Å². The molecule has 0 aromatic heterocycles. The van der Waals surface area contributed by atoms with Gasteiger partial charge in [-0.25, -0.2) is 9.18 Å². The van der Waals surface area contributed by atoms with Crippen molar-refractivity contribution in [2.45, 2.75) is 6.42 Å². The third-order valence-electron chi connectivity index (χ3n) is 4.74. The predicted molar refractivity (Wildman–Crippen MR) is 106 cm³/mol. The minimum absolute atomic E-state index is 0.0962. The summed E-state index contributed by atoms with van der Waals surface area (Å²) < 4.78 is 17.8. The van der Waals surface area contributed by atoms with E-state index >= 15 is 0 Å². The van der Waals surface area contributed by atoms with Crippen molar-refractivity contribution in [1.82, 2.24) is 4.90 Å². The van der Waals surface area contributed by atoms with Gasteiger partial charge in [-0.05, 0) is 55.0 Å². The summed E-state index contributed by atoms with van der Waals surface area (Å²) in [6.45, 7) is 3.54. The van der Waals surface area contributed by atoms with Crippen LogP contribution in [0.1, 0.15) is 16.8 Å². The van der Waals surface area contributed by atoms with Gasteiger partial charge in [0, 0.05) is 37.6 Å². The fourth-order valence-electron chi connectivity index (χ4n) is 3.25. The highest BCUT2D eigenvalue weighted by Crippen LogP contribution is 2.17. The van der Waals surface area contributed by atoms with Crippen LogP contribution in [0.4, 0.5) is 15.8 Å². The van der Waals surface area contributed by atoms with Crippen molar-refractivity contribution >= 4 is 23.3 Å². The quantitative estimate of drug-likeness (QED) is 0.802. The van der Waals surface area contributed by atoms with Crippen molar-refractivity contribution in [1.29, 1.82) is 0 Å². The normalized spacial score (nSPS) is 15.0. The van der Waals surface area contributed by atoms with Crippen LogP contribution in [0.5, 0.6) is 0 Å². The van der Waals surface area contributed by atoms with Crippen molar-refractivity contribution in [2.24, 2.45) is 0 Å². The van der Waals surface area contributed by atoms with Gasteiger partial charge in [0.1, 0.15) is 5.82 Å². The molecule has 1 heterocycles. The van der Waals surface area contributed by atoms with Crippen LogP contribution >= 0.6 is 0 Å². The van der Waals surface area contributed by atoms with Crippen LogP contribution in [0.25, 0.3) is 0 Å². The Balaban J connectivity index is 1.50. The van der Waals surface area contributed by atoms with Crippen molar-refractivity contribution in [3.63, 3.8) is 0 Å². The van der Waals surface area contributed by atoms with E-state index in [2.05, 4.69) is 19.9 Å². The summed E-state index contributed by atoms with van der Waals surface area (Å²) in [5.74, 6) is -0.745. The van der Waals surface area contributed by atoms with Crippen molar-refractivity contribution in [3.05, 3.63) is 59.9 Å². The Kier molecular flexibility index (Phi) is 6.60. The van der Waals surface area contributed by atoms with E-state index in [9.17, 15) is 14.0 Å². The number of ether oxygens (including phenoxy) is 1. The van der Waals surface area contributed by atoms with Gasteiger partial charge in [0.05, 0.1) is 19.2 Å². The van der Waals surface area contributed by atoms with Crippen LogP contribution in [0, 0.1) is 5.82 Å². The zero-order valence-corrected chi connectivity index (χ0v) is 15.9. The molecule has 1 aliphatic rings. The summed E-state index contributed by atoms with van der Waals surface area (Å²) in [6.07, 6.45) is 0.929. The van der Waals surface area contributed by atoms with Crippen molar-refractivity contribution in [3.8, 4) is 0 Å². The minimum Gasteiger partial charge on any atom is -0.465 e. The van der Waals surface area contributed by atoms with Gasteiger partial charge in [-0.3, -0.25) is 9.69 Å². The second kappa shape index (κ2) is 9.32.